The van der Waals surface area contributed by atoms with Gasteiger partial charge in [-0.25, -0.2) is 0 Å². The summed E-state index contributed by atoms with van der Waals surface area (Å²) >= 11 is 5.96. The van der Waals surface area contributed by atoms with Gasteiger partial charge in [0, 0.05) is 11.6 Å². The first-order chi connectivity index (χ1) is 8.04. The first-order valence-electron chi connectivity index (χ1n) is 5.94. The van der Waals surface area contributed by atoms with Crippen LogP contribution in [0.25, 0.3) is 0 Å². The molecule has 0 bridgehead atoms. The van der Waals surface area contributed by atoms with E-state index in [0.717, 1.165) is 12.3 Å². The van der Waals surface area contributed by atoms with Crippen LogP contribution in [0.2, 0.25) is 5.02 Å². The second kappa shape index (κ2) is 6.72. The van der Waals surface area contributed by atoms with Crippen LogP contribution in [0.5, 0.6) is 0 Å². The molecule has 1 unspecified atom stereocenters. The Hall–Kier alpha value is -0.930. The van der Waals surface area contributed by atoms with Crippen molar-refractivity contribution in [2.45, 2.75) is 26.8 Å². The van der Waals surface area contributed by atoms with Gasteiger partial charge in [0.15, 0.2) is 0 Å². The van der Waals surface area contributed by atoms with Crippen LogP contribution < -0.4 is 11.1 Å². The van der Waals surface area contributed by atoms with Crippen molar-refractivity contribution in [3.05, 3.63) is 23.2 Å². The summed E-state index contributed by atoms with van der Waals surface area (Å²) in [6, 6.07) is 5.67. The molecule has 1 atom stereocenters. The molecule has 0 spiro atoms. The average molecular weight is 257 g/mol. The molecule has 0 fully saturated rings. The summed E-state index contributed by atoms with van der Waals surface area (Å²) in [5.41, 5.74) is 7.48. The van der Waals surface area contributed by atoms with Crippen LogP contribution in [0.4, 0.5) is 11.4 Å². The molecule has 0 aliphatic carbocycles. The molecule has 1 aromatic rings. The lowest BCUT2D eigenvalue weighted by atomic mass is 10.0. The Morgan fingerprint density at radius 2 is 2.12 bits per heavy atom. The van der Waals surface area contributed by atoms with Crippen LogP contribution in [-0.4, -0.2) is 19.3 Å². The van der Waals surface area contributed by atoms with Gasteiger partial charge in [-0.2, -0.15) is 0 Å². The van der Waals surface area contributed by atoms with Crippen LogP contribution in [0.1, 0.15) is 20.8 Å². The molecule has 0 radical (unpaired) electrons. The van der Waals surface area contributed by atoms with Crippen molar-refractivity contribution in [3.8, 4) is 0 Å². The molecule has 1 rings (SSSR count). The molecule has 0 saturated carbocycles. The summed E-state index contributed by atoms with van der Waals surface area (Å²) < 4.78 is 5.46. The Morgan fingerprint density at radius 3 is 2.71 bits per heavy atom. The number of halogens is 1. The standard InChI is InChI=1S/C13H21ClN2O/c1-4-17-8-13(9(2)3)16-12-7-10(14)5-6-11(12)15/h5-7,9,13,16H,4,8,15H2,1-3H3. The fraction of sp³-hybridized carbons (Fsp3) is 0.538. The highest BCUT2D eigenvalue weighted by Gasteiger charge is 2.14. The van der Waals surface area contributed by atoms with Gasteiger partial charge < -0.3 is 15.8 Å². The van der Waals surface area contributed by atoms with E-state index in [1.165, 1.54) is 0 Å². The lowest BCUT2D eigenvalue weighted by molar-refractivity contribution is 0.127. The van der Waals surface area contributed by atoms with E-state index in [-0.39, 0.29) is 6.04 Å². The molecule has 0 amide bonds. The molecule has 0 aliphatic rings. The van der Waals surface area contributed by atoms with Crippen molar-refractivity contribution >= 4 is 23.0 Å². The minimum Gasteiger partial charge on any atom is -0.397 e. The number of rotatable bonds is 6. The number of hydrogen-bond donors (Lipinski definition) is 2. The van der Waals surface area contributed by atoms with Crippen LogP contribution in [-0.2, 0) is 4.74 Å². The predicted octanol–water partition coefficient (Wildman–Crippen LogP) is 3.40. The van der Waals surface area contributed by atoms with E-state index in [9.17, 15) is 0 Å². The van der Waals surface area contributed by atoms with Crippen molar-refractivity contribution in [1.29, 1.82) is 0 Å². The number of nitrogen functional groups attached to an aromatic ring is 1. The predicted molar refractivity (Wildman–Crippen MR) is 74.6 cm³/mol. The lowest BCUT2D eigenvalue weighted by Gasteiger charge is -2.24. The zero-order valence-electron chi connectivity index (χ0n) is 10.7. The van der Waals surface area contributed by atoms with Crippen molar-refractivity contribution in [3.63, 3.8) is 0 Å². The second-order valence-corrected chi connectivity index (χ2v) is 4.82. The van der Waals surface area contributed by atoms with Gasteiger partial charge in [-0.3, -0.25) is 0 Å². The Bertz CT molecular complexity index is 355. The highest BCUT2D eigenvalue weighted by molar-refractivity contribution is 6.31. The maximum Gasteiger partial charge on any atom is 0.0670 e. The topological polar surface area (TPSA) is 47.3 Å². The van der Waals surface area contributed by atoms with E-state index in [2.05, 4.69) is 19.2 Å². The molecular weight excluding hydrogens is 236 g/mol. The number of hydrogen-bond acceptors (Lipinski definition) is 3. The van der Waals surface area contributed by atoms with Gasteiger partial charge in [-0.05, 0) is 31.0 Å². The van der Waals surface area contributed by atoms with Crippen molar-refractivity contribution in [2.75, 3.05) is 24.3 Å². The molecule has 1 aromatic carbocycles. The van der Waals surface area contributed by atoms with Gasteiger partial charge in [-0.1, -0.05) is 25.4 Å². The summed E-state index contributed by atoms with van der Waals surface area (Å²) in [5.74, 6) is 0.458. The number of nitrogens with one attached hydrogen (secondary N) is 1. The Balaban J connectivity index is 2.74. The third-order valence-corrected chi connectivity index (χ3v) is 2.90. The highest BCUT2D eigenvalue weighted by Crippen LogP contribution is 2.24. The molecule has 0 heterocycles. The van der Waals surface area contributed by atoms with Crippen LogP contribution >= 0.6 is 11.6 Å². The molecule has 0 aliphatic heterocycles. The van der Waals surface area contributed by atoms with Gasteiger partial charge in [0.1, 0.15) is 0 Å². The van der Waals surface area contributed by atoms with Gasteiger partial charge in [0.2, 0.25) is 0 Å². The van der Waals surface area contributed by atoms with E-state index in [1.54, 1.807) is 6.07 Å². The molecule has 0 aromatic heterocycles. The summed E-state index contributed by atoms with van der Waals surface area (Å²) in [7, 11) is 0. The van der Waals surface area contributed by atoms with Crippen molar-refractivity contribution in [1.82, 2.24) is 0 Å². The number of ether oxygens (including phenoxy) is 1. The molecule has 3 nitrogen and oxygen atoms in total. The van der Waals surface area contributed by atoms with Crippen LogP contribution in [0.3, 0.4) is 0 Å². The van der Waals surface area contributed by atoms with Crippen LogP contribution in [0.15, 0.2) is 18.2 Å². The summed E-state index contributed by atoms with van der Waals surface area (Å²) in [6.45, 7) is 7.68. The SMILES string of the molecule is CCOCC(Nc1cc(Cl)ccc1N)C(C)C. The first-order valence-corrected chi connectivity index (χ1v) is 6.31. The van der Waals surface area contributed by atoms with Gasteiger partial charge in [-0.15, -0.1) is 0 Å². The minimum atomic E-state index is 0.232. The third-order valence-electron chi connectivity index (χ3n) is 2.66. The maximum atomic E-state index is 5.96. The minimum absolute atomic E-state index is 0.232. The van der Waals surface area contributed by atoms with Crippen LogP contribution in [0, 0.1) is 5.92 Å². The third kappa shape index (κ3) is 4.44. The largest absolute Gasteiger partial charge is 0.397 e. The number of benzene rings is 1. The van der Waals surface area contributed by atoms with Crippen molar-refractivity contribution in [2.24, 2.45) is 5.92 Å². The van der Waals surface area contributed by atoms with E-state index < -0.39 is 0 Å². The molecule has 0 saturated heterocycles. The summed E-state index contributed by atoms with van der Waals surface area (Å²) in [5, 5.41) is 4.07. The lowest BCUT2D eigenvalue weighted by Crippen LogP contribution is -2.31. The highest BCUT2D eigenvalue weighted by atomic mass is 35.5. The Labute approximate surface area is 108 Å². The molecule has 17 heavy (non-hydrogen) atoms. The summed E-state index contributed by atoms with van der Waals surface area (Å²) in [4.78, 5) is 0. The quantitative estimate of drug-likeness (QED) is 0.767. The fourth-order valence-corrected chi connectivity index (χ4v) is 1.67. The number of nitrogens with two attached hydrogens (primary N) is 1. The van der Waals surface area contributed by atoms with Gasteiger partial charge in [0.25, 0.3) is 0 Å². The monoisotopic (exact) mass is 256 g/mol. The molecule has 96 valence electrons. The maximum absolute atomic E-state index is 5.96. The first kappa shape index (κ1) is 14.1. The van der Waals surface area contributed by atoms with E-state index in [0.29, 0.717) is 23.2 Å². The Kier molecular flexibility index (Phi) is 5.59. The zero-order chi connectivity index (χ0) is 12.8. The second-order valence-electron chi connectivity index (χ2n) is 4.39. The molecule has 4 heteroatoms. The Morgan fingerprint density at radius 1 is 1.41 bits per heavy atom. The van der Waals surface area contributed by atoms with E-state index in [4.69, 9.17) is 22.1 Å². The fourth-order valence-electron chi connectivity index (χ4n) is 1.50. The zero-order valence-corrected chi connectivity index (χ0v) is 11.4. The van der Waals surface area contributed by atoms with E-state index >= 15 is 0 Å². The molecular formula is C13H21ClN2O. The van der Waals surface area contributed by atoms with E-state index in [1.807, 2.05) is 19.1 Å². The smallest absolute Gasteiger partial charge is 0.0670 e. The number of anilines is 2. The average Bonchev–Trinajstić information content (AvgIpc) is 2.28. The summed E-state index contributed by atoms with van der Waals surface area (Å²) in [6.07, 6.45) is 0. The van der Waals surface area contributed by atoms with Gasteiger partial charge in [0.05, 0.1) is 24.0 Å². The normalized spacial score (nSPS) is 12.8. The van der Waals surface area contributed by atoms with Gasteiger partial charge >= 0.3 is 0 Å². The molecule has 3 N–H and O–H groups in total. The van der Waals surface area contributed by atoms with Crippen molar-refractivity contribution < 1.29 is 4.74 Å².